The Labute approximate surface area is 134 Å². The van der Waals surface area contributed by atoms with Crippen molar-refractivity contribution >= 4 is 31.9 Å². The Kier molecular flexibility index (Phi) is 5.95. The van der Waals surface area contributed by atoms with Crippen molar-refractivity contribution < 1.29 is 13.2 Å². The van der Waals surface area contributed by atoms with Gasteiger partial charge in [-0.15, -0.1) is 0 Å². The highest BCUT2D eigenvalue weighted by Gasteiger charge is 2.24. The van der Waals surface area contributed by atoms with Crippen LogP contribution in [0, 0.1) is 6.92 Å². The summed E-state index contributed by atoms with van der Waals surface area (Å²) >= 11 is 3.24. The average molecular weight is 377 g/mol. The predicted molar refractivity (Wildman–Crippen MR) is 86.7 cm³/mol. The van der Waals surface area contributed by atoms with E-state index in [1.54, 1.807) is 17.9 Å². The smallest absolute Gasteiger partial charge is 0.254 e. The van der Waals surface area contributed by atoms with Gasteiger partial charge >= 0.3 is 0 Å². The SMILES string of the molecule is CCCN(C(=O)c1cc(Br)cc(S(N)(=O)=O)c1C)C(C)C. The summed E-state index contributed by atoms with van der Waals surface area (Å²) in [6.07, 6.45) is 0.832. The third kappa shape index (κ3) is 4.28. The molecule has 1 aromatic rings. The fraction of sp³-hybridized carbons (Fsp3) is 0.500. The summed E-state index contributed by atoms with van der Waals surface area (Å²) < 4.78 is 23.8. The van der Waals surface area contributed by atoms with Gasteiger partial charge in [-0.25, -0.2) is 13.6 Å². The van der Waals surface area contributed by atoms with Crippen LogP contribution in [-0.2, 0) is 10.0 Å². The molecule has 0 aliphatic heterocycles. The minimum absolute atomic E-state index is 0.0274. The van der Waals surface area contributed by atoms with Gasteiger partial charge in [-0.2, -0.15) is 0 Å². The van der Waals surface area contributed by atoms with E-state index in [1.807, 2.05) is 20.8 Å². The Balaban J connectivity index is 3.43. The van der Waals surface area contributed by atoms with E-state index in [0.29, 0.717) is 22.1 Å². The molecule has 0 aliphatic rings. The summed E-state index contributed by atoms with van der Waals surface area (Å²) in [4.78, 5) is 14.4. The molecule has 0 bridgehead atoms. The van der Waals surface area contributed by atoms with Crippen molar-refractivity contribution in [3.05, 3.63) is 27.7 Å². The maximum atomic E-state index is 12.7. The second-order valence-corrected chi connectivity index (χ2v) is 7.66. The van der Waals surface area contributed by atoms with Crippen LogP contribution < -0.4 is 5.14 Å². The number of carbonyl (C=O) groups excluding carboxylic acids is 1. The van der Waals surface area contributed by atoms with Gasteiger partial charge in [-0.05, 0) is 44.9 Å². The lowest BCUT2D eigenvalue weighted by atomic mass is 10.1. The Morgan fingerprint density at radius 3 is 2.38 bits per heavy atom. The monoisotopic (exact) mass is 376 g/mol. The van der Waals surface area contributed by atoms with Gasteiger partial charge in [-0.3, -0.25) is 4.79 Å². The fourth-order valence-corrected chi connectivity index (χ4v) is 3.60. The maximum absolute atomic E-state index is 12.7. The average Bonchev–Trinajstić information content (AvgIpc) is 2.35. The number of nitrogens with zero attached hydrogens (tertiary/aromatic N) is 1. The summed E-state index contributed by atoms with van der Waals surface area (Å²) in [6, 6.07) is 3.09. The van der Waals surface area contributed by atoms with E-state index in [4.69, 9.17) is 5.14 Å². The number of halogens is 1. The number of hydrogen-bond donors (Lipinski definition) is 1. The lowest BCUT2D eigenvalue weighted by molar-refractivity contribution is 0.0705. The molecule has 0 spiro atoms. The minimum atomic E-state index is -3.87. The van der Waals surface area contributed by atoms with Crippen molar-refractivity contribution in [2.45, 2.75) is 45.1 Å². The molecule has 0 saturated carbocycles. The van der Waals surface area contributed by atoms with E-state index in [1.165, 1.54) is 6.07 Å². The van der Waals surface area contributed by atoms with Crippen molar-refractivity contribution in [1.29, 1.82) is 0 Å². The molecule has 5 nitrogen and oxygen atoms in total. The predicted octanol–water partition coefficient (Wildman–Crippen LogP) is 2.67. The zero-order valence-corrected chi connectivity index (χ0v) is 15.1. The van der Waals surface area contributed by atoms with Crippen LogP contribution in [0.5, 0.6) is 0 Å². The van der Waals surface area contributed by atoms with Crippen LogP contribution in [0.3, 0.4) is 0 Å². The molecule has 0 atom stereocenters. The third-order valence-electron chi connectivity index (χ3n) is 3.21. The normalized spacial score (nSPS) is 11.8. The third-order valence-corrected chi connectivity index (χ3v) is 4.71. The van der Waals surface area contributed by atoms with Gasteiger partial charge < -0.3 is 4.90 Å². The Morgan fingerprint density at radius 1 is 1.38 bits per heavy atom. The van der Waals surface area contributed by atoms with E-state index in [9.17, 15) is 13.2 Å². The number of rotatable bonds is 5. The van der Waals surface area contributed by atoms with Gasteiger partial charge in [0.05, 0.1) is 4.90 Å². The first-order valence-corrected chi connectivity index (χ1v) is 9.07. The minimum Gasteiger partial charge on any atom is -0.336 e. The molecule has 1 aromatic carbocycles. The first-order chi connectivity index (χ1) is 9.59. The second kappa shape index (κ2) is 6.89. The van der Waals surface area contributed by atoms with Gasteiger partial charge in [0.2, 0.25) is 10.0 Å². The number of nitrogens with two attached hydrogens (primary N) is 1. The Morgan fingerprint density at radius 2 is 1.95 bits per heavy atom. The van der Waals surface area contributed by atoms with Crippen LogP contribution in [0.15, 0.2) is 21.5 Å². The van der Waals surface area contributed by atoms with Crippen LogP contribution >= 0.6 is 15.9 Å². The molecular formula is C14H21BrN2O3S. The first-order valence-electron chi connectivity index (χ1n) is 6.73. The zero-order valence-electron chi connectivity index (χ0n) is 12.7. The Bertz CT molecular complexity index is 642. The molecule has 0 aliphatic carbocycles. The van der Waals surface area contributed by atoms with Gasteiger partial charge in [-0.1, -0.05) is 22.9 Å². The van der Waals surface area contributed by atoms with Crippen LogP contribution in [0.25, 0.3) is 0 Å². The molecule has 0 heterocycles. The maximum Gasteiger partial charge on any atom is 0.254 e. The molecule has 0 radical (unpaired) electrons. The topological polar surface area (TPSA) is 80.5 Å². The number of hydrogen-bond acceptors (Lipinski definition) is 3. The summed E-state index contributed by atoms with van der Waals surface area (Å²) in [6.45, 7) is 8.08. The van der Waals surface area contributed by atoms with E-state index in [2.05, 4.69) is 15.9 Å². The highest BCUT2D eigenvalue weighted by Crippen LogP contribution is 2.25. The van der Waals surface area contributed by atoms with Gasteiger partial charge in [0.1, 0.15) is 0 Å². The van der Waals surface area contributed by atoms with E-state index >= 15 is 0 Å². The van der Waals surface area contributed by atoms with Crippen molar-refractivity contribution in [3.8, 4) is 0 Å². The number of carbonyl (C=O) groups is 1. The lowest BCUT2D eigenvalue weighted by Gasteiger charge is -2.27. The van der Waals surface area contributed by atoms with Crippen molar-refractivity contribution in [3.63, 3.8) is 0 Å². The largest absolute Gasteiger partial charge is 0.336 e. The molecule has 1 amide bonds. The van der Waals surface area contributed by atoms with Crippen LogP contribution in [0.1, 0.15) is 43.1 Å². The summed E-state index contributed by atoms with van der Waals surface area (Å²) in [5.41, 5.74) is 0.739. The number of benzene rings is 1. The molecular weight excluding hydrogens is 356 g/mol. The second-order valence-electron chi connectivity index (χ2n) is 5.21. The molecule has 2 N–H and O–H groups in total. The van der Waals surface area contributed by atoms with Crippen LogP contribution in [0.2, 0.25) is 0 Å². The van der Waals surface area contributed by atoms with Crippen molar-refractivity contribution in [2.24, 2.45) is 5.14 Å². The molecule has 21 heavy (non-hydrogen) atoms. The van der Waals surface area contributed by atoms with E-state index in [-0.39, 0.29) is 16.8 Å². The molecule has 1 rings (SSSR count). The van der Waals surface area contributed by atoms with Crippen molar-refractivity contribution in [2.75, 3.05) is 6.54 Å². The first kappa shape index (κ1) is 18.1. The molecule has 7 heteroatoms. The zero-order chi connectivity index (χ0) is 16.4. The summed E-state index contributed by atoms with van der Waals surface area (Å²) in [5, 5.41) is 5.22. The number of amides is 1. The quantitative estimate of drug-likeness (QED) is 0.857. The van der Waals surface area contributed by atoms with Gasteiger partial charge in [0.25, 0.3) is 5.91 Å². The number of primary sulfonamides is 1. The standard InChI is InChI=1S/C14H21BrN2O3S/c1-5-6-17(9(2)3)14(18)12-7-11(15)8-13(10(12)4)21(16,19)20/h7-9H,5-6H2,1-4H3,(H2,16,19,20). The van der Waals surface area contributed by atoms with Crippen LogP contribution in [0.4, 0.5) is 0 Å². The van der Waals surface area contributed by atoms with Gasteiger partial charge in [0.15, 0.2) is 0 Å². The lowest BCUT2D eigenvalue weighted by Crippen LogP contribution is -2.38. The summed E-state index contributed by atoms with van der Waals surface area (Å²) in [7, 11) is -3.87. The van der Waals surface area contributed by atoms with Crippen molar-refractivity contribution in [1.82, 2.24) is 4.90 Å². The molecule has 0 unspecified atom stereocenters. The molecule has 0 saturated heterocycles. The van der Waals surface area contributed by atoms with E-state index < -0.39 is 10.0 Å². The Hall–Kier alpha value is -0.920. The fourth-order valence-electron chi connectivity index (χ4n) is 2.16. The van der Waals surface area contributed by atoms with Crippen LogP contribution in [-0.4, -0.2) is 31.8 Å². The molecule has 0 aromatic heterocycles. The molecule has 0 fully saturated rings. The number of sulfonamides is 1. The molecule has 118 valence electrons. The summed E-state index contributed by atoms with van der Waals surface area (Å²) in [5.74, 6) is -0.185. The van der Waals surface area contributed by atoms with Gasteiger partial charge in [0, 0.05) is 22.6 Å². The highest BCUT2D eigenvalue weighted by molar-refractivity contribution is 9.10. The highest BCUT2D eigenvalue weighted by atomic mass is 79.9. The van der Waals surface area contributed by atoms with E-state index in [0.717, 1.165) is 6.42 Å².